The van der Waals surface area contributed by atoms with Gasteiger partial charge in [-0.1, -0.05) is 0 Å². The van der Waals surface area contributed by atoms with Crippen molar-refractivity contribution in [2.45, 2.75) is 6.92 Å². The standard InChI is InChI=1S/C18H16FN5O3/c1-2-23(15-9-5-14(19)6-10-15)17(25)11-27-18(26)13-3-7-16(8-4-13)24-12-20-21-22-24/h3-10,12H,2,11H2,1H3. The van der Waals surface area contributed by atoms with Crippen molar-refractivity contribution in [3.05, 3.63) is 66.2 Å². The molecule has 0 spiro atoms. The van der Waals surface area contributed by atoms with Crippen LogP contribution in [0.5, 0.6) is 0 Å². The van der Waals surface area contributed by atoms with E-state index in [1.807, 2.05) is 0 Å². The number of nitrogens with zero attached hydrogens (tertiary/aromatic N) is 5. The number of benzene rings is 2. The third-order valence-corrected chi connectivity index (χ3v) is 3.80. The minimum absolute atomic E-state index is 0.296. The number of amides is 1. The van der Waals surface area contributed by atoms with Gasteiger partial charge in [-0.25, -0.2) is 13.9 Å². The minimum Gasteiger partial charge on any atom is -0.452 e. The number of anilines is 1. The topological polar surface area (TPSA) is 90.2 Å². The smallest absolute Gasteiger partial charge is 0.338 e. The molecule has 1 heterocycles. The Morgan fingerprint density at radius 3 is 2.41 bits per heavy atom. The number of aromatic nitrogens is 4. The Kier molecular flexibility index (Phi) is 5.50. The van der Waals surface area contributed by atoms with Crippen molar-refractivity contribution in [1.82, 2.24) is 20.2 Å². The number of carbonyl (C=O) groups excluding carboxylic acids is 2. The van der Waals surface area contributed by atoms with Crippen LogP contribution >= 0.6 is 0 Å². The molecule has 1 amide bonds. The molecule has 0 saturated heterocycles. The molecule has 0 N–H and O–H groups in total. The molecule has 9 heteroatoms. The molecule has 0 aliphatic heterocycles. The molecule has 3 rings (SSSR count). The van der Waals surface area contributed by atoms with Gasteiger partial charge in [0.2, 0.25) is 0 Å². The summed E-state index contributed by atoms with van der Waals surface area (Å²) in [7, 11) is 0. The van der Waals surface area contributed by atoms with E-state index in [0.29, 0.717) is 23.5 Å². The average molecular weight is 369 g/mol. The summed E-state index contributed by atoms with van der Waals surface area (Å²) < 4.78 is 19.6. The Labute approximate surface area is 154 Å². The van der Waals surface area contributed by atoms with Crippen LogP contribution in [-0.4, -0.2) is 45.2 Å². The largest absolute Gasteiger partial charge is 0.452 e. The van der Waals surface area contributed by atoms with E-state index in [2.05, 4.69) is 15.5 Å². The highest BCUT2D eigenvalue weighted by Gasteiger charge is 2.17. The van der Waals surface area contributed by atoms with Crippen LogP contribution in [0, 0.1) is 5.82 Å². The number of ether oxygens (including phenoxy) is 1. The van der Waals surface area contributed by atoms with Crippen molar-refractivity contribution >= 4 is 17.6 Å². The van der Waals surface area contributed by atoms with Gasteiger partial charge in [0.15, 0.2) is 6.61 Å². The van der Waals surface area contributed by atoms with E-state index in [1.54, 1.807) is 31.2 Å². The third kappa shape index (κ3) is 4.32. The van der Waals surface area contributed by atoms with E-state index in [1.165, 1.54) is 40.2 Å². The van der Waals surface area contributed by atoms with Crippen molar-refractivity contribution in [3.63, 3.8) is 0 Å². The molecule has 2 aromatic carbocycles. The van der Waals surface area contributed by atoms with Gasteiger partial charge in [0.05, 0.1) is 11.3 Å². The fourth-order valence-electron chi connectivity index (χ4n) is 2.44. The van der Waals surface area contributed by atoms with E-state index >= 15 is 0 Å². The molecular weight excluding hydrogens is 353 g/mol. The minimum atomic E-state index is -0.623. The Bertz CT molecular complexity index is 911. The summed E-state index contributed by atoms with van der Waals surface area (Å²) in [6, 6.07) is 12.0. The number of halogens is 1. The van der Waals surface area contributed by atoms with E-state index < -0.39 is 18.5 Å². The second kappa shape index (κ2) is 8.17. The van der Waals surface area contributed by atoms with Gasteiger partial charge in [-0.15, -0.1) is 5.10 Å². The van der Waals surface area contributed by atoms with Crippen LogP contribution in [0.2, 0.25) is 0 Å². The van der Waals surface area contributed by atoms with Gasteiger partial charge < -0.3 is 9.64 Å². The predicted molar refractivity (Wildman–Crippen MR) is 93.9 cm³/mol. The number of carbonyl (C=O) groups is 2. The first-order chi connectivity index (χ1) is 13.1. The molecule has 0 radical (unpaired) electrons. The molecular formula is C18H16FN5O3. The number of rotatable bonds is 6. The molecule has 0 fully saturated rings. The lowest BCUT2D eigenvalue weighted by molar-refractivity contribution is -0.121. The zero-order valence-corrected chi connectivity index (χ0v) is 14.4. The highest BCUT2D eigenvalue weighted by molar-refractivity contribution is 5.97. The number of hydrogen-bond donors (Lipinski definition) is 0. The van der Waals surface area contributed by atoms with Crippen molar-refractivity contribution in [3.8, 4) is 5.69 Å². The van der Waals surface area contributed by atoms with Crippen molar-refractivity contribution < 1.29 is 18.7 Å². The molecule has 27 heavy (non-hydrogen) atoms. The van der Waals surface area contributed by atoms with Gasteiger partial charge in [-0.3, -0.25) is 4.79 Å². The maximum Gasteiger partial charge on any atom is 0.338 e. The van der Waals surface area contributed by atoms with Crippen molar-refractivity contribution in [2.24, 2.45) is 0 Å². The zero-order chi connectivity index (χ0) is 19.2. The number of hydrogen-bond acceptors (Lipinski definition) is 6. The summed E-state index contributed by atoms with van der Waals surface area (Å²) in [5.74, 6) is -1.41. The maximum atomic E-state index is 13.0. The molecule has 3 aromatic rings. The summed E-state index contributed by atoms with van der Waals surface area (Å²) in [6.07, 6.45) is 1.43. The molecule has 0 bridgehead atoms. The average Bonchev–Trinajstić information content (AvgIpc) is 3.23. The Balaban J connectivity index is 1.60. The summed E-state index contributed by atoms with van der Waals surface area (Å²) in [4.78, 5) is 25.9. The lowest BCUT2D eigenvalue weighted by atomic mass is 10.2. The molecule has 1 aromatic heterocycles. The second-order valence-electron chi connectivity index (χ2n) is 5.49. The van der Waals surface area contributed by atoms with Crippen LogP contribution in [0.4, 0.5) is 10.1 Å². The van der Waals surface area contributed by atoms with Crippen LogP contribution in [-0.2, 0) is 9.53 Å². The number of likely N-dealkylation sites (N-methyl/N-ethyl adjacent to an activating group) is 1. The van der Waals surface area contributed by atoms with Crippen LogP contribution < -0.4 is 4.90 Å². The molecule has 138 valence electrons. The Morgan fingerprint density at radius 2 is 1.81 bits per heavy atom. The number of esters is 1. The van der Waals surface area contributed by atoms with Gasteiger partial charge in [0.1, 0.15) is 12.1 Å². The quantitative estimate of drug-likeness (QED) is 0.618. The van der Waals surface area contributed by atoms with Gasteiger partial charge in [-0.05, 0) is 65.9 Å². The summed E-state index contributed by atoms with van der Waals surface area (Å²) in [5, 5.41) is 10.8. The summed E-state index contributed by atoms with van der Waals surface area (Å²) in [5.41, 5.74) is 1.51. The van der Waals surface area contributed by atoms with E-state index in [9.17, 15) is 14.0 Å². The van der Waals surface area contributed by atoms with E-state index in [0.717, 1.165) is 0 Å². The molecule has 0 aliphatic carbocycles. The lowest BCUT2D eigenvalue weighted by Crippen LogP contribution is -2.34. The van der Waals surface area contributed by atoms with Crippen molar-refractivity contribution in [1.29, 1.82) is 0 Å². The first-order valence-electron chi connectivity index (χ1n) is 8.15. The first-order valence-corrected chi connectivity index (χ1v) is 8.15. The van der Waals surface area contributed by atoms with E-state index in [-0.39, 0.29) is 5.82 Å². The third-order valence-electron chi connectivity index (χ3n) is 3.80. The fraction of sp³-hybridized carbons (Fsp3) is 0.167. The SMILES string of the molecule is CCN(C(=O)COC(=O)c1ccc(-n2cnnn2)cc1)c1ccc(F)cc1. The Morgan fingerprint density at radius 1 is 1.11 bits per heavy atom. The molecule has 0 unspecified atom stereocenters. The molecule has 8 nitrogen and oxygen atoms in total. The van der Waals surface area contributed by atoms with Crippen LogP contribution in [0.1, 0.15) is 17.3 Å². The van der Waals surface area contributed by atoms with Gasteiger partial charge in [0.25, 0.3) is 5.91 Å². The molecule has 0 aliphatic rings. The predicted octanol–water partition coefficient (Wildman–Crippen LogP) is 2.01. The first kappa shape index (κ1) is 18.2. The normalized spacial score (nSPS) is 10.4. The second-order valence-corrected chi connectivity index (χ2v) is 5.49. The highest BCUT2D eigenvalue weighted by Crippen LogP contribution is 2.15. The Hall–Kier alpha value is -3.62. The van der Waals surface area contributed by atoms with Crippen LogP contribution in [0.25, 0.3) is 5.69 Å². The van der Waals surface area contributed by atoms with Gasteiger partial charge in [0, 0.05) is 12.2 Å². The van der Waals surface area contributed by atoms with Crippen LogP contribution in [0.3, 0.4) is 0 Å². The zero-order valence-electron chi connectivity index (χ0n) is 14.4. The molecule has 0 saturated carbocycles. The molecule has 0 atom stereocenters. The maximum absolute atomic E-state index is 13.0. The van der Waals surface area contributed by atoms with Crippen LogP contribution in [0.15, 0.2) is 54.9 Å². The van der Waals surface area contributed by atoms with E-state index in [4.69, 9.17) is 4.74 Å². The highest BCUT2D eigenvalue weighted by atomic mass is 19.1. The monoisotopic (exact) mass is 369 g/mol. The van der Waals surface area contributed by atoms with Gasteiger partial charge >= 0.3 is 5.97 Å². The lowest BCUT2D eigenvalue weighted by Gasteiger charge is -2.20. The summed E-state index contributed by atoms with van der Waals surface area (Å²) in [6.45, 7) is 1.72. The number of tetrazole rings is 1. The van der Waals surface area contributed by atoms with Crippen molar-refractivity contribution in [2.75, 3.05) is 18.1 Å². The summed E-state index contributed by atoms with van der Waals surface area (Å²) >= 11 is 0. The fourth-order valence-corrected chi connectivity index (χ4v) is 2.44. The van der Waals surface area contributed by atoms with Gasteiger partial charge in [-0.2, -0.15) is 0 Å².